The van der Waals surface area contributed by atoms with E-state index < -0.39 is 0 Å². The number of carbonyl (C=O) groups is 1. The van der Waals surface area contributed by atoms with Crippen molar-refractivity contribution in [1.82, 2.24) is 4.98 Å². The van der Waals surface area contributed by atoms with E-state index in [-0.39, 0.29) is 5.91 Å². The van der Waals surface area contributed by atoms with Gasteiger partial charge in [-0.3, -0.25) is 9.78 Å². The zero-order valence-corrected chi connectivity index (χ0v) is 16.4. The highest BCUT2D eigenvalue weighted by Crippen LogP contribution is 2.26. The maximum atomic E-state index is 12.6. The molecule has 0 atom stereocenters. The largest absolute Gasteiger partial charge is 0.372 e. The maximum Gasteiger partial charge on any atom is 0.255 e. The van der Waals surface area contributed by atoms with Crippen molar-refractivity contribution in [2.75, 3.05) is 17.3 Å². The molecule has 0 bridgehead atoms. The SMILES string of the molecule is CN(c1ccc(C(=O)Nc2cnc3ccccc3c2)cc1)C1CCCCCC1. The predicted octanol–water partition coefficient (Wildman–Crippen LogP) is 5.65. The van der Waals surface area contributed by atoms with E-state index in [2.05, 4.69) is 34.4 Å². The smallest absolute Gasteiger partial charge is 0.255 e. The molecule has 1 amide bonds. The molecular formula is C24H27N3O. The van der Waals surface area contributed by atoms with Crippen LogP contribution in [0.5, 0.6) is 0 Å². The normalized spacial score (nSPS) is 15.2. The van der Waals surface area contributed by atoms with Gasteiger partial charge in [-0.05, 0) is 49.2 Å². The van der Waals surface area contributed by atoms with Gasteiger partial charge >= 0.3 is 0 Å². The average molecular weight is 374 g/mol. The van der Waals surface area contributed by atoms with Gasteiger partial charge in [0.1, 0.15) is 0 Å². The van der Waals surface area contributed by atoms with Gasteiger partial charge in [0.2, 0.25) is 0 Å². The summed E-state index contributed by atoms with van der Waals surface area (Å²) in [5.74, 6) is -0.110. The minimum absolute atomic E-state index is 0.110. The molecule has 144 valence electrons. The summed E-state index contributed by atoms with van der Waals surface area (Å²) < 4.78 is 0. The number of carbonyl (C=O) groups excluding carboxylic acids is 1. The van der Waals surface area contributed by atoms with Crippen LogP contribution >= 0.6 is 0 Å². The Hall–Kier alpha value is -2.88. The topological polar surface area (TPSA) is 45.2 Å². The van der Waals surface area contributed by atoms with Crippen molar-refractivity contribution in [3.05, 3.63) is 66.4 Å². The fraction of sp³-hybridized carbons (Fsp3) is 0.333. The second-order valence-corrected chi connectivity index (χ2v) is 7.67. The number of nitrogens with zero attached hydrogens (tertiary/aromatic N) is 2. The number of hydrogen-bond donors (Lipinski definition) is 1. The van der Waals surface area contributed by atoms with Gasteiger partial charge in [0.05, 0.1) is 17.4 Å². The first-order valence-corrected chi connectivity index (χ1v) is 10.2. The Kier molecular flexibility index (Phi) is 5.56. The summed E-state index contributed by atoms with van der Waals surface area (Å²) in [6.07, 6.45) is 9.56. The van der Waals surface area contributed by atoms with E-state index >= 15 is 0 Å². The van der Waals surface area contributed by atoms with Crippen LogP contribution in [0.2, 0.25) is 0 Å². The second-order valence-electron chi connectivity index (χ2n) is 7.67. The van der Waals surface area contributed by atoms with Crippen LogP contribution in [0.4, 0.5) is 11.4 Å². The van der Waals surface area contributed by atoms with Gasteiger partial charge in [0.25, 0.3) is 5.91 Å². The van der Waals surface area contributed by atoms with Crippen LogP contribution in [-0.4, -0.2) is 24.0 Å². The molecule has 1 N–H and O–H groups in total. The number of nitrogens with one attached hydrogen (secondary N) is 1. The summed E-state index contributed by atoms with van der Waals surface area (Å²) in [5.41, 5.74) is 3.47. The summed E-state index contributed by atoms with van der Waals surface area (Å²) in [5, 5.41) is 3.97. The summed E-state index contributed by atoms with van der Waals surface area (Å²) in [6.45, 7) is 0. The highest BCUT2D eigenvalue weighted by Gasteiger charge is 2.17. The first kappa shape index (κ1) is 18.5. The molecule has 1 fully saturated rings. The molecule has 28 heavy (non-hydrogen) atoms. The van der Waals surface area contributed by atoms with Crippen LogP contribution in [-0.2, 0) is 0 Å². The summed E-state index contributed by atoms with van der Waals surface area (Å²) in [7, 11) is 2.17. The Morgan fingerprint density at radius 2 is 1.71 bits per heavy atom. The lowest BCUT2D eigenvalue weighted by Gasteiger charge is -2.29. The van der Waals surface area contributed by atoms with E-state index in [1.54, 1.807) is 6.20 Å². The van der Waals surface area contributed by atoms with Gasteiger partial charge in [-0.2, -0.15) is 0 Å². The summed E-state index contributed by atoms with van der Waals surface area (Å²) in [6, 6.07) is 18.4. The number of anilines is 2. The molecule has 1 aliphatic carbocycles. The van der Waals surface area contributed by atoms with Crippen LogP contribution in [0, 0.1) is 0 Å². The molecule has 1 heterocycles. The molecule has 0 aliphatic heterocycles. The van der Waals surface area contributed by atoms with E-state index in [0.717, 1.165) is 10.9 Å². The molecule has 0 spiro atoms. The highest BCUT2D eigenvalue weighted by atomic mass is 16.1. The van der Waals surface area contributed by atoms with Gasteiger partial charge in [-0.1, -0.05) is 43.9 Å². The Morgan fingerprint density at radius 3 is 2.46 bits per heavy atom. The molecule has 3 aromatic rings. The molecule has 4 heteroatoms. The van der Waals surface area contributed by atoms with Crippen molar-refractivity contribution in [3.63, 3.8) is 0 Å². The standard InChI is InChI=1S/C24H27N3O/c1-27(21-9-4-2-3-5-10-21)22-14-12-18(13-15-22)24(28)26-20-16-19-8-6-7-11-23(19)25-17-20/h6-8,11-17,21H,2-5,9-10H2,1H3,(H,26,28). The Bertz CT molecular complexity index is 943. The molecule has 1 saturated carbocycles. The Balaban J connectivity index is 1.44. The third-order valence-corrected chi connectivity index (χ3v) is 5.76. The number of rotatable bonds is 4. The molecule has 0 radical (unpaired) electrons. The van der Waals surface area contributed by atoms with Gasteiger partial charge in [0, 0.05) is 29.7 Å². The van der Waals surface area contributed by atoms with Crippen molar-refractivity contribution in [3.8, 4) is 0 Å². The number of hydrogen-bond acceptors (Lipinski definition) is 3. The van der Waals surface area contributed by atoms with Crippen molar-refractivity contribution < 1.29 is 4.79 Å². The van der Waals surface area contributed by atoms with Crippen LogP contribution in [0.1, 0.15) is 48.9 Å². The molecule has 4 nitrogen and oxygen atoms in total. The van der Waals surface area contributed by atoms with Gasteiger partial charge in [-0.15, -0.1) is 0 Å². The number of para-hydroxylation sites is 1. The van der Waals surface area contributed by atoms with Gasteiger partial charge < -0.3 is 10.2 Å². The molecule has 2 aromatic carbocycles. The minimum atomic E-state index is -0.110. The van der Waals surface area contributed by atoms with Crippen LogP contribution in [0.3, 0.4) is 0 Å². The van der Waals surface area contributed by atoms with Gasteiger partial charge in [-0.25, -0.2) is 0 Å². The predicted molar refractivity (Wildman–Crippen MR) is 116 cm³/mol. The third-order valence-electron chi connectivity index (χ3n) is 5.76. The van der Waals surface area contributed by atoms with E-state index in [0.29, 0.717) is 17.3 Å². The first-order chi connectivity index (χ1) is 13.7. The van der Waals surface area contributed by atoms with Crippen molar-refractivity contribution in [1.29, 1.82) is 0 Å². The monoisotopic (exact) mass is 373 g/mol. The Labute approximate surface area is 166 Å². The first-order valence-electron chi connectivity index (χ1n) is 10.2. The molecule has 0 saturated heterocycles. The molecule has 0 unspecified atom stereocenters. The number of aromatic nitrogens is 1. The van der Waals surface area contributed by atoms with Crippen LogP contribution in [0.25, 0.3) is 10.9 Å². The zero-order chi connectivity index (χ0) is 19.3. The van der Waals surface area contributed by atoms with Crippen molar-refractivity contribution in [2.45, 2.75) is 44.6 Å². The molecular weight excluding hydrogens is 346 g/mol. The average Bonchev–Trinajstić information content (AvgIpc) is 3.03. The highest BCUT2D eigenvalue weighted by molar-refractivity contribution is 6.05. The molecule has 1 aliphatic rings. The minimum Gasteiger partial charge on any atom is -0.372 e. The summed E-state index contributed by atoms with van der Waals surface area (Å²) in [4.78, 5) is 19.4. The number of pyridine rings is 1. The van der Waals surface area contributed by atoms with E-state index in [4.69, 9.17) is 0 Å². The lowest BCUT2D eigenvalue weighted by atomic mass is 10.1. The second kappa shape index (κ2) is 8.42. The number of fused-ring (bicyclic) bond motifs is 1. The van der Waals surface area contributed by atoms with Crippen LogP contribution in [0.15, 0.2) is 60.8 Å². The Morgan fingerprint density at radius 1 is 1.00 bits per heavy atom. The molecule has 4 rings (SSSR count). The van der Waals surface area contributed by atoms with Gasteiger partial charge in [0.15, 0.2) is 0 Å². The van der Waals surface area contributed by atoms with E-state index in [1.807, 2.05) is 42.5 Å². The van der Waals surface area contributed by atoms with E-state index in [1.165, 1.54) is 44.2 Å². The van der Waals surface area contributed by atoms with Crippen LogP contribution < -0.4 is 10.2 Å². The maximum absolute atomic E-state index is 12.6. The van der Waals surface area contributed by atoms with Crippen molar-refractivity contribution in [2.24, 2.45) is 0 Å². The number of benzene rings is 2. The number of amides is 1. The fourth-order valence-electron chi connectivity index (χ4n) is 4.05. The van der Waals surface area contributed by atoms with E-state index in [9.17, 15) is 4.79 Å². The zero-order valence-electron chi connectivity index (χ0n) is 16.4. The molecule has 1 aromatic heterocycles. The lowest BCUT2D eigenvalue weighted by Crippen LogP contribution is -2.31. The quantitative estimate of drug-likeness (QED) is 0.601. The fourth-order valence-corrected chi connectivity index (χ4v) is 4.05. The third kappa shape index (κ3) is 4.16. The lowest BCUT2D eigenvalue weighted by molar-refractivity contribution is 0.102. The summed E-state index contributed by atoms with van der Waals surface area (Å²) >= 11 is 0. The van der Waals surface area contributed by atoms with Crippen molar-refractivity contribution >= 4 is 28.2 Å².